The van der Waals surface area contributed by atoms with Gasteiger partial charge in [0, 0.05) is 6.04 Å². The zero-order chi connectivity index (χ0) is 13.8. The van der Waals surface area contributed by atoms with Gasteiger partial charge < -0.3 is 4.74 Å². The van der Waals surface area contributed by atoms with Gasteiger partial charge in [0.2, 0.25) is 0 Å². The molecule has 2 atom stereocenters. The molecule has 0 radical (unpaired) electrons. The van der Waals surface area contributed by atoms with Crippen LogP contribution in [0.3, 0.4) is 0 Å². The molecule has 1 rings (SSSR count). The van der Waals surface area contributed by atoms with E-state index in [1.54, 1.807) is 0 Å². The van der Waals surface area contributed by atoms with E-state index in [1.165, 1.54) is 7.11 Å². The van der Waals surface area contributed by atoms with E-state index in [4.69, 9.17) is 4.74 Å². The van der Waals surface area contributed by atoms with Crippen LogP contribution < -0.4 is 5.32 Å². The molecule has 0 heterocycles. The highest BCUT2D eigenvalue weighted by atomic mass is 16.5. The molecular formula is C15H23NO2. The predicted molar refractivity (Wildman–Crippen MR) is 73.3 cm³/mol. The maximum Gasteiger partial charge on any atom is 0.323 e. The van der Waals surface area contributed by atoms with Crippen LogP contribution in [0, 0.1) is 5.41 Å². The van der Waals surface area contributed by atoms with Crippen LogP contribution >= 0.6 is 0 Å². The Bertz CT molecular complexity index is 381. The van der Waals surface area contributed by atoms with E-state index in [2.05, 4.69) is 24.4 Å². The first-order valence-corrected chi connectivity index (χ1v) is 6.25. The van der Waals surface area contributed by atoms with Gasteiger partial charge in [0.25, 0.3) is 0 Å². The number of nitrogens with one attached hydrogen (secondary N) is 1. The molecule has 0 aliphatic rings. The van der Waals surface area contributed by atoms with Crippen LogP contribution in [-0.4, -0.2) is 19.1 Å². The standard InChI is InChI=1S/C15H23NO2/c1-11(12-9-7-6-8-10-12)16-13(14(17)18-5)15(2,3)4/h6-11,13,16H,1-5H3/t11-,13+/m0/s1. The van der Waals surface area contributed by atoms with Gasteiger partial charge in [-0.3, -0.25) is 10.1 Å². The monoisotopic (exact) mass is 249 g/mol. The predicted octanol–water partition coefficient (Wildman–Crippen LogP) is 2.92. The molecule has 0 amide bonds. The number of hydrogen-bond acceptors (Lipinski definition) is 3. The lowest BCUT2D eigenvalue weighted by Crippen LogP contribution is -2.48. The Morgan fingerprint density at radius 1 is 1.22 bits per heavy atom. The van der Waals surface area contributed by atoms with Crippen molar-refractivity contribution < 1.29 is 9.53 Å². The molecule has 1 aromatic carbocycles. The summed E-state index contributed by atoms with van der Waals surface area (Å²) in [5.41, 5.74) is 0.978. The van der Waals surface area contributed by atoms with Crippen molar-refractivity contribution in [3.63, 3.8) is 0 Å². The van der Waals surface area contributed by atoms with E-state index in [1.807, 2.05) is 39.0 Å². The topological polar surface area (TPSA) is 38.3 Å². The number of hydrogen-bond donors (Lipinski definition) is 1. The second-order valence-electron chi connectivity index (χ2n) is 5.62. The summed E-state index contributed by atoms with van der Waals surface area (Å²) in [6.45, 7) is 8.13. The molecule has 18 heavy (non-hydrogen) atoms. The van der Waals surface area contributed by atoms with Gasteiger partial charge in [0.1, 0.15) is 6.04 Å². The molecule has 0 saturated carbocycles. The molecular weight excluding hydrogens is 226 g/mol. The van der Waals surface area contributed by atoms with Crippen molar-refractivity contribution in [3.05, 3.63) is 35.9 Å². The third-order valence-electron chi connectivity index (χ3n) is 3.02. The van der Waals surface area contributed by atoms with Crippen LogP contribution in [0.2, 0.25) is 0 Å². The zero-order valence-electron chi connectivity index (χ0n) is 11.9. The van der Waals surface area contributed by atoms with Gasteiger partial charge in [-0.2, -0.15) is 0 Å². The SMILES string of the molecule is COC(=O)[C@@H](N[C@@H](C)c1ccccc1)C(C)(C)C. The van der Waals surface area contributed by atoms with Crippen molar-refractivity contribution in [1.82, 2.24) is 5.32 Å². The highest BCUT2D eigenvalue weighted by Gasteiger charge is 2.33. The van der Waals surface area contributed by atoms with Gasteiger partial charge in [0.15, 0.2) is 0 Å². The van der Waals surface area contributed by atoms with Crippen molar-refractivity contribution in [2.24, 2.45) is 5.41 Å². The quantitative estimate of drug-likeness (QED) is 0.834. The fraction of sp³-hybridized carbons (Fsp3) is 0.533. The number of ether oxygens (including phenoxy) is 1. The first-order valence-electron chi connectivity index (χ1n) is 6.25. The van der Waals surface area contributed by atoms with Crippen molar-refractivity contribution in [2.75, 3.05) is 7.11 Å². The highest BCUT2D eigenvalue weighted by Crippen LogP contribution is 2.23. The Balaban J connectivity index is 2.82. The molecule has 0 aliphatic heterocycles. The molecule has 0 spiro atoms. The van der Waals surface area contributed by atoms with Crippen LogP contribution in [-0.2, 0) is 9.53 Å². The van der Waals surface area contributed by atoms with Crippen LogP contribution in [0.25, 0.3) is 0 Å². The Labute approximate surface area is 110 Å². The molecule has 100 valence electrons. The maximum atomic E-state index is 11.8. The number of esters is 1. The van der Waals surface area contributed by atoms with Gasteiger partial charge in [-0.05, 0) is 17.9 Å². The smallest absolute Gasteiger partial charge is 0.323 e. The molecule has 0 aromatic heterocycles. The molecule has 3 heteroatoms. The minimum absolute atomic E-state index is 0.106. The van der Waals surface area contributed by atoms with E-state index in [0.717, 1.165) is 5.56 Å². The Morgan fingerprint density at radius 3 is 2.22 bits per heavy atom. The normalized spacial score (nSPS) is 14.9. The molecule has 0 bridgehead atoms. The molecule has 0 saturated heterocycles. The van der Waals surface area contributed by atoms with Crippen molar-refractivity contribution >= 4 is 5.97 Å². The summed E-state index contributed by atoms with van der Waals surface area (Å²) >= 11 is 0. The lowest BCUT2D eigenvalue weighted by Gasteiger charge is -2.31. The molecule has 1 aromatic rings. The summed E-state index contributed by atoms with van der Waals surface area (Å²) in [5.74, 6) is -0.217. The maximum absolute atomic E-state index is 11.8. The lowest BCUT2D eigenvalue weighted by molar-refractivity contribution is -0.146. The fourth-order valence-electron chi connectivity index (χ4n) is 1.88. The van der Waals surface area contributed by atoms with Gasteiger partial charge in [-0.15, -0.1) is 0 Å². The van der Waals surface area contributed by atoms with E-state index < -0.39 is 0 Å². The van der Waals surface area contributed by atoms with E-state index >= 15 is 0 Å². The minimum Gasteiger partial charge on any atom is -0.468 e. The molecule has 3 nitrogen and oxygen atoms in total. The van der Waals surface area contributed by atoms with E-state index in [0.29, 0.717) is 0 Å². The Morgan fingerprint density at radius 2 is 1.78 bits per heavy atom. The summed E-state index contributed by atoms with van der Waals surface area (Å²) in [6, 6.07) is 9.86. The van der Waals surface area contributed by atoms with E-state index in [9.17, 15) is 4.79 Å². The molecule has 0 fully saturated rings. The van der Waals surface area contributed by atoms with Gasteiger partial charge in [0.05, 0.1) is 7.11 Å². The first-order chi connectivity index (χ1) is 8.36. The van der Waals surface area contributed by atoms with Crippen LogP contribution in [0.1, 0.15) is 39.3 Å². The number of carbonyl (C=O) groups is 1. The van der Waals surface area contributed by atoms with Crippen LogP contribution in [0.15, 0.2) is 30.3 Å². The average molecular weight is 249 g/mol. The highest BCUT2D eigenvalue weighted by molar-refractivity contribution is 5.76. The number of methoxy groups -OCH3 is 1. The largest absolute Gasteiger partial charge is 0.468 e. The van der Waals surface area contributed by atoms with Crippen molar-refractivity contribution in [2.45, 2.75) is 39.8 Å². The molecule has 0 unspecified atom stereocenters. The summed E-state index contributed by atoms with van der Waals surface area (Å²) in [4.78, 5) is 11.8. The third kappa shape index (κ3) is 3.84. The molecule has 1 N–H and O–H groups in total. The minimum atomic E-state index is -0.322. The Kier molecular flexibility index (Phi) is 4.91. The van der Waals surface area contributed by atoms with Crippen molar-refractivity contribution in [1.29, 1.82) is 0 Å². The number of carbonyl (C=O) groups excluding carboxylic acids is 1. The zero-order valence-corrected chi connectivity index (χ0v) is 11.9. The van der Waals surface area contributed by atoms with Crippen LogP contribution in [0.5, 0.6) is 0 Å². The number of rotatable bonds is 4. The van der Waals surface area contributed by atoms with Crippen molar-refractivity contribution in [3.8, 4) is 0 Å². The average Bonchev–Trinajstić information content (AvgIpc) is 2.34. The van der Waals surface area contributed by atoms with Gasteiger partial charge >= 0.3 is 5.97 Å². The summed E-state index contributed by atoms with van der Waals surface area (Å²) in [6.07, 6.45) is 0. The third-order valence-corrected chi connectivity index (χ3v) is 3.02. The second-order valence-corrected chi connectivity index (χ2v) is 5.62. The summed E-state index contributed by atoms with van der Waals surface area (Å²) in [5, 5.41) is 3.35. The van der Waals surface area contributed by atoms with E-state index in [-0.39, 0.29) is 23.5 Å². The summed E-state index contributed by atoms with van der Waals surface area (Å²) in [7, 11) is 1.43. The fourth-order valence-corrected chi connectivity index (χ4v) is 1.88. The van der Waals surface area contributed by atoms with Crippen LogP contribution in [0.4, 0.5) is 0 Å². The van der Waals surface area contributed by atoms with Gasteiger partial charge in [-0.1, -0.05) is 51.1 Å². The van der Waals surface area contributed by atoms with Gasteiger partial charge in [-0.25, -0.2) is 0 Å². The number of benzene rings is 1. The second kappa shape index (κ2) is 6.01. The summed E-state index contributed by atoms with van der Waals surface area (Å²) < 4.78 is 4.87. The lowest BCUT2D eigenvalue weighted by atomic mass is 9.86. The first kappa shape index (κ1) is 14.7. The molecule has 0 aliphatic carbocycles. The Hall–Kier alpha value is -1.35.